The lowest BCUT2D eigenvalue weighted by atomic mass is 10.1. The lowest BCUT2D eigenvalue weighted by Crippen LogP contribution is -2.25. The Morgan fingerprint density at radius 2 is 2.05 bits per heavy atom. The molecule has 0 aliphatic heterocycles. The van der Waals surface area contributed by atoms with Gasteiger partial charge in [-0.3, -0.25) is 4.79 Å². The molecule has 0 aromatic heterocycles. The largest absolute Gasteiger partial charge is 0.493 e. The minimum Gasteiger partial charge on any atom is -0.493 e. The molecule has 0 saturated heterocycles. The number of hydrogen-bond acceptors (Lipinski definition) is 4. The summed E-state index contributed by atoms with van der Waals surface area (Å²) in [4.78, 5) is 12.0. The molecular weight excluding hydrogens is 304 g/mol. The Morgan fingerprint density at radius 3 is 2.64 bits per heavy atom. The molecule has 1 aromatic rings. The number of carbonyl (C=O) groups excluding carboxylic acids is 1. The average molecular weight is 331 g/mol. The smallest absolute Gasteiger partial charge is 0.251 e. The van der Waals surface area contributed by atoms with Crippen LogP contribution in [0.2, 0.25) is 0 Å². The first-order chi connectivity index (χ1) is 10.1. The maximum Gasteiger partial charge on any atom is 0.251 e. The van der Waals surface area contributed by atoms with E-state index < -0.39 is 0 Å². The predicted molar refractivity (Wildman–Crippen MR) is 91.2 cm³/mol. The number of amides is 1. The van der Waals surface area contributed by atoms with Gasteiger partial charge >= 0.3 is 0 Å². The van der Waals surface area contributed by atoms with Crippen molar-refractivity contribution in [1.82, 2.24) is 5.32 Å². The van der Waals surface area contributed by atoms with Crippen LogP contribution in [0.3, 0.4) is 0 Å². The second-order valence-electron chi connectivity index (χ2n) is 5.29. The number of methoxy groups -OCH3 is 1. The van der Waals surface area contributed by atoms with Crippen LogP contribution in [0.4, 0.5) is 0 Å². The molecule has 6 heteroatoms. The van der Waals surface area contributed by atoms with Crippen LogP contribution in [0.25, 0.3) is 0 Å². The summed E-state index contributed by atoms with van der Waals surface area (Å²) in [6.07, 6.45) is 1.74. The van der Waals surface area contributed by atoms with E-state index in [1.54, 1.807) is 25.3 Å². The zero-order chi connectivity index (χ0) is 15.7. The average Bonchev–Trinajstić information content (AvgIpc) is 2.47. The van der Waals surface area contributed by atoms with Gasteiger partial charge in [0.2, 0.25) is 0 Å². The summed E-state index contributed by atoms with van der Waals surface area (Å²) in [7, 11) is 1.57. The topological polar surface area (TPSA) is 73.6 Å². The van der Waals surface area contributed by atoms with E-state index in [1.807, 2.05) is 0 Å². The SMILES string of the molecule is COc1cc(C(=O)NCCCN)ccc1OCCC(C)C.Cl. The lowest BCUT2D eigenvalue weighted by Gasteiger charge is -2.13. The van der Waals surface area contributed by atoms with Gasteiger partial charge in [-0.2, -0.15) is 0 Å². The number of ether oxygens (including phenoxy) is 2. The van der Waals surface area contributed by atoms with Crippen LogP contribution < -0.4 is 20.5 Å². The Balaban J connectivity index is 0.00000441. The first-order valence-corrected chi connectivity index (χ1v) is 7.37. The van der Waals surface area contributed by atoms with Gasteiger partial charge in [0.05, 0.1) is 13.7 Å². The summed E-state index contributed by atoms with van der Waals surface area (Å²) in [5.41, 5.74) is 5.95. The zero-order valence-corrected chi connectivity index (χ0v) is 14.4. The van der Waals surface area contributed by atoms with E-state index in [0.29, 0.717) is 42.7 Å². The Morgan fingerprint density at radius 1 is 1.32 bits per heavy atom. The Hall–Kier alpha value is -1.46. The van der Waals surface area contributed by atoms with Gasteiger partial charge in [0.1, 0.15) is 0 Å². The number of halogens is 1. The van der Waals surface area contributed by atoms with Crippen LogP contribution in [0.5, 0.6) is 11.5 Å². The lowest BCUT2D eigenvalue weighted by molar-refractivity contribution is 0.0953. The monoisotopic (exact) mass is 330 g/mol. The molecule has 0 aliphatic rings. The van der Waals surface area contributed by atoms with Gasteiger partial charge in [0.15, 0.2) is 11.5 Å². The summed E-state index contributed by atoms with van der Waals surface area (Å²) in [5.74, 6) is 1.70. The van der Waals surface area contributed by atoms with Gasteiger partial charge in [-0.1, -0.05) is 13.8 Å². The van der Waals surface area contributed by atoms with Crippen molar-refractivity contribution in [2.45, 2.75) is 26.7 Å². The maximum absolute atomic E-state index is 12.0. The highest BCUT2D eigenvalue weighted by atomic mass is 35.5. The molecule has 1 aromatic carbocycles. The van der Waals surface area contributed by atoms with Crippen LogP contribution in [0.15, 0.2) is 18.2 Å². The first-order valence-electron chi connectivity index (χ1n) is 7.37. The highest BCUT2D eigenvalue weighted by molar-refractivity contribution is 5.94. The first kappa shape index (κ1) is 20.5. The molecule has 0 bridgehead atoms. The molecular formula is C16H27ClN2O3. The maximum atomic E-state index is 12.0. The normalized spacial score (nSPS) is 10.0. The van der Waals surface area contributed by atoms with Crippen molar-refractivity contribution < 1.29 is 14.3 Å². The second kappa shape index (κ2) is 11.2. The molecule has 0 saturated carbocycles. The molecule has 1 rings (SSSR count). The number of hydrogen-bond donors (Lipinski definition) is 2. The molecule has 0 radical (unpaired) electrons. The zero-order valence-electron chi connectivity index (χ0n) is 13.6. The van der Waals surface area contributed by atoms with Crippen molar-refractivity contribution in [3.05, 3.63) is 23.8 Å². The van der Waals surface area contributed by atoms with Crippen molar-refractivity contribution >= 4 is 18.3 Å². The van der Waals surface area contributed by atoms with E-state index in [1.165, 1.54) is 0 Å². The van der Waals surface area contributed by atoms with E-state index in [2.05, 4.69) is 19.2 Å². The Labute approximate surface area is 139 Å². The summed E-state index contributed by atoms with van der Waals surface area (Å²) in [6, 6.07) is 5.21. The van der Waals surface area contributed by atoms with Crippen LogP contribution in [-0.2, 0) is 0 Å². The van der Waals surface area contributed by atoms with Crippen molar-refractivity contribution in [3.8, 4) is 11.5 Å². The number of nitrogens with two attached hydrogens (primary N) is 1. The molecule has 0 spiro atoms. The van der Waals surface area contributed by atoms with Gasteiger partial charge in [-0.15, -0.1) is 12.4 Å². The molecule has 126 valence electrons. The van der Waals surface area contributed by atoms with Crippen LogP contribution >= 0.6 is 12.4 Å². The number of nitrogens with one attached hydrogen (secondary N) is 1. The minimum atomic E-state index is -0.129. The number of rotatable bonds is 9. The minimum absolute atomic E-state index is 0. The molecule has 1 amide bonds. The Bertz CT molecular complexity index is 453. The van der Waals surface area contributed by atoms with E-state index in [9.17, 15) is 4.79 Å². The second-order valence-corrected chi connectivity index (χ2v) is 5.29. The highest BCUT2D eigenvalue weighted by Crippen LogP contribution is 2.28. The van der Waals surface area contributed by atoms with E-state index in [0.717, 1.165) is 12.8 Å². The summed E-state index contributed by atoms with van der Waals surface area (Å²) < 4.78 is 11.0. The third-order valence-corrected chi connectivity index (χ3v) is 3.05. The van der Waals surface area contributed by atoms with Gasteiger partial charge in [-0.25, -0.2) is 0 Å². The standard InChI is InChI=1S/C16H26N2O3.ClH/c1-12(2)7-10-21-14-6-5-13(11-15(14)20-3)16(19)18-9-4-8-17;/h5-6,11-12H,4,7-10,17H2,1-3H3,(H,18,19);1H. The molecule has 0 heterocycles. The van der Waals surface area contributed by atoms with Crippen molar-refractivity contribution in [3.63, 3.8) is 0 Å². The molecule has 5 nitrogen and oxygen atoms in total. The van der Waals surface area contributed by atoms with Crippen molar-refractivity contribution in [2.75, 3.05) is 26.8 Å². The highest BCUT2D eigenvalue weighted by Gasteiger charge is 2.11. The summed E-state index contributed by atoms with van der Waals surface area (Å²) in [5, 5.41) is 2.81. The summed E-state index contributed by atoms with van der Waals surface area (Å²) >= 11 is 0. The molecule has 3 N–H and O–H groups in total. The molecule has 0 atom stereocenters. The van der Waals surface area contributed by atoms with Gasteiger partial charge < -0.3 is 20.5 Å². The fourth-order valence-electron chi connectivity index (χ4n) is 1.74. The number of benzene rings is 1. The molecule has 0 unspecified atom stereocenters. The van der Waals surface area contributed by atoms with E-state index >= 15 is 0 Å². The quantitative estimate of drug-likeness (QED) is 0.683. The number of carbonyl (C=O) groups is 1. The van der Waals surface area contributed by atoms with Crippen molar-refractivity contribution in [2.24, 2.45) is 11.7 Å². The van der Waals surface area contributed by atoms with Crippen LogP contribution in [0, 0.1) is 5.92 Å². The third kappa shape index (κ3) is 7.00. The fourth-order valence-corrected chi connectivity index (χ4v) is 1.74. The molecule has 0 fully saturated rings. The van der Waals surface area contributed by atoms with Crippen LogP contribution in [0.1, 0.15) is 37.0 Å². The summed E-state index contributed by atoms with van der Waals surface area (Å²) in [6.45, 7) is 6.07. The van der Waals surface area contributed by atoms with E-state index in [4.69, 9.17) is 15.2 Å². The van der Waals surface area contributed by atoms with E-state index in [-0.39, 0.29) is 18.3 Å². The van der Waals surface area contributed by atoms with Gasteiger partial charge in [0.25, 0.3) is 5.91 Å². The molecule has 22 heavy (non-hydrogen) atoms. The van der Waals surface area contributed by atoms with Crippen molar-refractivity contribution in [1.29, 1.82) is 0 Å². The fraction of sp³-hybridized carbons (Fsp3) is 0.562. The van der Waals surface area contributed by atoms with Crippen LogP contribution in [-0.4, -0.2) is 32.7 Å². The Kier molecular flexibility index (Phi) is 10.4. The predicted octanol–water partition coefficient (Wildman–Crippen LogP) is 2.62. The third-order valence-electron chi connectivity index (χ3n) is 3.05. The van der Waals surface area contributed by atoms with Gasteiger partial charge in [0, 0.05) is 12.1 Å². The van der Waals surface area contributed by atoms with Gasteiger partial charge in [-0.05, 0) is 43.5 Å². The molecule has 0 aliphatic carbocycles.